The highest BCUT2D eigenvalue weighted by Crippen LogP contribution is 2.28. The summed E-state index contributed by atoms with van der Waals surface area (Å²) in [6.45, 7) is 2.43. The maximum absolute atomic E-state index is 12.4. The van der Waals surface area contributed by atoms with Crippen LogP contribution in [0.25, 0.3) is 0 Å². The fourth-order valence-corrected chi connectivity index (χ4v) is 3.60. The first kappa shape index (κ1) is 16.2. The SMILES string of the molecule is COCCOCCNS(=O)(=O)c1cccc2c1CCCN2. The molecule has 0 unspecified atom stereocenters. The lowest BCUT2D eigenvalue weighted by Crippen LogP contribution is -2.29. The summed E-state index contributed by atoms with van der Waals surface area (Å²) >= 11 is 0. The lowest BCUT2D eigenvalue weighted by molar-refractivity contribution is 0.0736. The van der Waals surface area contributed by atoms with Crippen molar-refractivity contribution in [1.82, 2.24) is 4.72 Å². The maximum Gasteiger partial charge on any atom is 0.240 e. The van der Waals surface area contributed by atoms with E-state index in [1.807, 2.05) is 6.07 Å². The molecule has 0 atom stereocenters. The van der Waals surface area contributed by atoms with E-state index in [4.69, 9.17) is 9.47 Å². The molecule has 2 rings (SSSR count). The Morgan fingerprint density at radius 3 is 2.95 bits per heavy atom. The molecule has 0 saturated carbocycles. The summed E-state index contributed by atoms with van der Waals surface area (Å²) in [6.07, 6.45) is 1.73. The molecule has 0 bridgehead atoms. The zero-order valence-electron chi connectivity index (χ0n) is 12.2. The normalized spacial score (nSPS) is 14.5. The Labute approximate surface area is 125 Å². The largest absolute Gasteiger partial charge is 0.385 e. The highest BCUT2D eigenvalue weighted by atomic mass is 32.2. The number of hydrogen-bond donors (Lipinski definition) is 2. The third kappa shape index (κ3) is 4.41. The molecular weight excluding hydrogens is 292 g/mol. The Hall–Kier alpha value is -1.15. The van der Waals surface area contributed by atoms with E-state index in [-0.39, 0.29) is 6.54 Å². The van der Waals surface area contributed by atoms with Crippen molar-refractivity contribution < 1.29 is 17.9 Å². The van der Waals surface area contributed by atoms with Crippen LogP contribution in [0, 0.1) is 0 Å². The smallest absolute Gasteiger partial charge is 0.240 e. The molecule has 7 heteroatoms. The summed E-state index contributed by atoms with van der Waals surface area (Å²) in [6, 6.07) is 5.34. The number of sulfonamides is 1. The molecule has 1 aliphatic rings. The van der Waals surface area contributed by atoms with Gasteiger partial charge in [0, 0.05) is 25.9 Å². The Morgan fingerprint density at radius 2 is 2.14 bits per heavy atom. The van der Waals surface area contributed by atoms with Gasteiger partial charge in [-0.1, -0.05) is 6.07 Å². The predicted octanol–water partition coefficient (Wildman–Crippen LogP) is 0.986. The van der Waals surface area contributed by atoms with Gasteiger partial charge in [-0.3, -0.25) is 0 Å². The third-order valence-corrected chi connectivity index (χ3v) is 4.86. The van der Waals surface area contributed by atoms with Crippen LogP contribution in [-0.4, -0.2) is 48.4 Å². The van der Waals surface area contributed by atoms with Gasteiger partial charge in [0.25, 0.3) is 0 Å². The highest BCUT2D eigenvalue weighted by Gasteiger charge is 2.21. The average Bonchev–Trinajstić information content (AvgIpc) is 2.50. The zero-order valence-corrected chi connectivity index (χ0v) is 13.0. The van der Waals surface area contributed by atoms with Gasteiger partial charge in [-0.15, -0.1) is 0 Å². The van der Waals surface area contributed by atoms with Gasteiger partial charge >= 0.3 is 0 Å². The van der Waals surface area contributed by atoms with Crippen LogP contribution in [0.3, 0.4) is 0 Å². The van der Waals surface area contributed by atoms with Crippen LogP contribution in [0.1, 0.15) is 12.0 Å². The minimum atomic E-state index is -3.50. The molecule has 0 amide bonds. The van der Waals surface area contributed by atoms with Crippen molar-refractivity contribution in [3.05, 3.63) is 23.8 Å². The summed E-state index contributed by atoms with van der Waals surface area (Å²) in [7, 11) is -1.90. The summed E-state index contributed by atoms with van der Waals surface area (Å²) < 4.78 is 37.4. The second-order valence-electron chi connectivity index (χ2n) is 4.82. The van der Waals surface area contributed by atoms with Crippen molar-refractivity contribution in [2.75, 3.05) is 45.3 Å². The number of ether oxygens (including phenoxy) is 2. The van der Waals surface area contributed by atoms with Crippen molar-refractivity contribution in [2.45, 2.75) is 17.7 Å². The number of benzene rings is 1. The van der Waals surface area contributed by atoms with Gasteiger partial charge in [0.2, 0.25) is 10.0 Å². The Bertz CT molecular complexity index is 560. The number of nitrogens with one attached hydrogen (secondary N) is 2. The molecule has 6 nitrogen and oxygen atoms in total. The van der Waals surface area contributed by atoms with Gasteiger partial charge in [0.1, 0.15) is 0 Å². The quantitative estimate of drug-likeness (QED) is 0.700. The fraction of sp³-hybridized carbons (Fsp3) is 0.571. The monoisotopic (exact) mass is 314 g/mol. The van der Waals surface area contributed by atoms with E-state index in [0.717, 1.165) is 30.6 Å². The fourth-order valence-electron chi connectivity index (χ4n) is 2.30. The van der Waals surface area contributed by atoms with Crippen LogP contribution in [0.15, 0.2) is 23.1 Å². The molecule has 0 aliphatic carbocycles. The van der Waals surface area contributed by atoms with E-state index >= 15 is 0 Å². The number of anilines is 1. The summed E-state index contributed by atoms with van der Waals surface area (Å²) in [5.41, 5.74) is 1.79. The zero-order chi connectivity index (χ0) is 15.1. The average molecular weight is 314 g/mol. The Morgan fingerprint density at radius 1 is 1.29 bits per heavy atom. The minimum absolute atomic E-state index is 0.253. The Kier molecular flexibility index (Phi) is 5.98. The molecule has 0 aromatic heterocycles. The van der Waals surface area contributed by atoms with Crippen LogP contribution in [0.5, 0.6) is 0 Å². The van der Waals surface area contributed by atoms with Crippen LogP contribution < -0.4 is 10.0 Å². The number of methoxy groups -OCH3 is 1. The van der Waals surface area contributed by atoms with E-state index in [2.05, 4.69) is 10.0 Å². The lowest BCUT2D eigenvalue weighted by Gasteiger charge is -2.21. The first-order valence-corrected chi connectivity index (χ1v) is 8.55. The molecule has 0 spiro atoms. The minimum Gasteiger partial charge on any atom is -0.385 e. The van der Waals surface area contributed by atoms with Gasteiger partial charge in [-0.2, -0.15) is 0 Å². The molecule has 118 valence electrons. The molecule has 1 aromatic rings. The van der Waals surface area contributed by atoms with Gasteiger partial charge in [0.15, 0.2) is 0 Å². The molecule has 1 aromatic carbocycles. The highest BCUT2D eigenvalue weighted by molar-refractivity contribution is 7.89. The van der Waals surface area contributed by atoms with E-state index in [1.165, 1.54) is 0 Å². The van der Waals surface area contributed by atoms with Crippen molar-refractivity contribution in [3.63, 3.8) is 0 Å². The summed E-state index contributed by atoms with van der Waals surface area (Å²) in [5.74, 6) is 0. The van der Waals surface area contributed by atoms with Crippen LogP contribution in [0.4, 0.5) is 5.69 Å². The topological polar surface area (TPSA) is 76.7 Å². The van der Waals surface area contributed by atoms with Crippen molar-refractivity contribution >= 4 is 15.7 Å². The second-order valence-corrected chi connectivity index (χ2v) is 6.55. The van der Waals surface area contributed by atoms with Crippen molar-refractivity contribution in [3.8, 4) is 0 Å². The number of fused-ring (bicyclic) bond motifs is 1. The van der Waals surface area contributed by atoms with Crippen LogP contribution >= 0.6 is 0 Å². The van der Waals surface area contributed by atoms with Gasteiger partial charge in [0.05, 0.1) is 24.7 Å². The van der Waals surface area contributed by atoms with Gasteiger partial charge in [-0.05, 0) is 30.5 Å². The van der Waals surface area contributed by atoms with E-state index < -0.39 is 10.0 Å². The number of hydrogen-bond acceptors (Lipinski definition) is 5. The van der Waals surface area contributed by atoms with Crippen molar-refractivity contribution in [2.24, 2.45) is 0 Å². The van der Waals surface area contributed by atoms with E-state index in [1.54, 1.807) is 19.2 Å². The lowest BCUT2D eigenvalue weighted by atomic mass is 10.0. The third-order valence-electron chi connectivity index (χ3n) is 3.31. The first-order chi connectivity index (χ1) is 10.1. The predicted molar refractivity (Wildman–Crippen MR) is 81.1 cm³/mol. The summed E-state index contributed by atoms with van der Waals surface area (Å²) in [4.78, 5) is 0.365. The van der Waals surface area contributed by atoms with Gasteiger partial charge in [-0.25, -0.2) is 13.1 Å². The standard InChI is InChI=1S/C14H22N2O4S/c1-19-10-11-20-9-8-16-21(17,18)14-6-2-5-13-12(14)4-3-7-15-13/h2,5-6,15-16H,3-4,7-11H2,1H3. The van der Waals surface area contributed by atoms with Crippen molar-refractivity contribution in [1.29, 1.82) is 0 Å². The molecular formula is C14H22N2O4S. The molecule has 0 saturated heterocycles. The van der Waals surface area contributed by atoms with Crippen LogP contribution in [0.2, 0.25) is 0 Å². The molecule has 0 radical (unpaired) electrons. The molecule has 1 heterocycles. The van der Waals surface area contributed by atoms with Crippen LogP contribution in [-0.2, 0) is 25.9 Å². The van der Waals surface area contributed by atoms with E-state index in [9.17, 15) is 8.42 Å². The molecule has 0 fully saturated rings. The maximum atomic E-state index is 12.4. The second kappa shape index (κ2) is 7.74. The Balaban J connectivity index is 1.96. The number of rotatable bonds is 8. The van der Waals surface area contributed by atoms with Gasteiger partial charge < -0.3 is 14.8 Å². The molecule has 2 N–H and O–H groups in total. The first-order valence-electron chi connectivity index (χ1n) is 7.07. The molecule has 1 aliphatic heterocycles. The van der Waals surface area contributed by atoms with E-state index in [0.29, 0.717) is 24.7 Å². The summed E-state index contributed by atoms with van der Waals surface area (Å²) in [5, 5.41) is 3.23. The molecule has 21 heavy (non-hydrogen) atoms.